The standard InChI is InChI=1S/C9H7Cl2NO3S2/c10-8-4-7(9(11)16-8)17(13,14)12-5-6-2-1-3-15-6/h1-4,12H,5H2. The van der Waals surface area contributed by atoms with Gasteiger partial charge in [0, 0.05) is 0 Å². The largest absolute Gasteiger partial charge is 0.468 e. The molecule has 0 aliphatic heterocycles. The van der Waals surface area contributed by atoms with Crippen LogP contribution >= 0.6 is 34.5 Å². The van der Waals surface area contributed by atoms with Crippen LogP contribution in [0.5, 0.6) is 0 Å². The molecule has 0 atom stereocenters. The quantitative estimate of drug-likeness (QED) is 0.943. The molecule has 0 aliphatic carbocycles. The van der Waals surface area contributed by atoms with Gasteiger partial charge in [-0.3, -0.25) is 0 Å². The molecule has 0 fully saturated rings. The summed E-state index contributed by atoms with van der Waals surface area (Å²) in [5.74, 6) is 0.519. The highest BCUT2D eigenvalue weighted by atomic mass is 35.5. The molecular weight excluding hydrogens is 305 g/mol. The van der Waals surface area contributed by atoms with Crippen molar-refractivity contribution >= 4 is 44.6 Å². The van der Waals surface area contributed by atoms with Gasteiger partial charge in [0.1, 0.15) is 15.0 Å². The third kappa shape index (κ3) is 3.02. The van der Waals surface area contributed by atoms with Crippen LogP contribution in [-0.4, -0.2) is 8.42 Å². The summed E-state index contributed by atoms with van der Waals surface area (Å²) in [6, 6.07) is 4.67. The van der Waals surface area contributed by atoms with Crippen molar-refractivity contribution in [3.8, 4) is 0 Å². The molecule has 0 bridgehead atoms. The summed E-state index contributed by atoms with van der Waals surface area (Å²) in [5.41, 5.74) is 0. The zero-order valence-electron chi connectivity index (χ0n) is 8.31. The van der Waals surface area contributed by atoms with E-state index in [1.807, 2.05) is 0 Å². The van der Waals surface area contributed by atoms with Gasteiger partial charge in [0.05, 0.1) is 17.1 Å². The Morgan fingerprint density at radius 1 is 1.41 bits per heavy atom. The summed E-state index contributed by atoms with van der Waals surface area (Å²) in [6.07, 6.45) is 1.47. The number of thiophene rings is 1. The Morgan fingerprint density at radius 2 is 2.18 bits per heavy atom. The lowest BCUT2D eigenvalue weighted by molar-refractivity contribution is 0.498. The molecule has 92 valence electrons. The van der Waals surface area contributed by atoms with Crippen LogP contribution in [-0.2, 0) is 16.6 Å². The van der Waals surface area contributed by atoms with E-state index >= 15 is 0 Å². The first-order valence-corrected chi connectivity index (χ1v) is 7.51. The van der Waals surface area contributed by atoms with Crippen LogP contribution in [0.2, 0.25) is 8.67 Å². The molecule has 0 spiro atoms. The highest BCUT2D eigenvalue weighted by Gasteiger charge is 2.20. The van der Waals surface area contributed by atoms with Crippen LogP contribution in [0.3, 0.4) is 0 Å². The number of halogens is 2. The van der Waals surface area contributed by atoms with Gasteiger partial charge in [-0.05, 0) is 18.2 Å². The number of hydrogen-bond acceptors (Lipinski definition) is 4. The van der Waals surface area contributed by atoms with E-state index in [4.69, 9.17) is 27.6 Å². The lowest BCUT2D eigenvalue weighted by atomic mass is 10.5. The lowest BCUT2D eigenvalue weighted by Crippen LogP contribution is -2.22. The first kappa shape index (κ1) is 12.9. The first-order chi connectivity index (χ1) is 7.99. The Kier molecular flexibility index (Phi) is 3.79. The third-order valence-electron chi connectivity index (χ3n) is 1.93. The molecule has 17 heavy (non-hydrogen) atoms. The number of sulfonamides is 1. The Hall–Kier alpha value is -0.530. The maximum atomic E-state index is 11.9. The van der Waals surface area contributed by atoms with Gasteiger partial charge in [-0.25, -0.2) is 13.1 Å². The molecule has 2 heterocycles. The van der Waals surface area contributed by atoms with Gasteiger partial charge in [0.25, 0.3) is 0 Å². The molecule has 2 aromatic heterocycles. The van der Waals surface area contributed by atoms with Gasteiger partial charge in [-0.1, -0.05) is 23.2 Å². The van der Waals surface area contributed by atoms with Crippen molar-refractivity contribution in [2.75, 3.05) is 0 Å². The molecule has 0 aromatic carbocycles. The average molecular weight is 312 g/mol. The minimum Gasteiger partial charge on any atom is -0.468 e. The van der Waals surface area contributed by atoms with Crippen LogP contribution in [0.1, 0.15) is 5.76 Å². The highest BCUT2D eigenvalue weighted by Crippen LogP contribution is 2.34. The second kappa shape index (κ2) is 4.99. The Morgan fingerprint density at radius 3 is 2.71 bits per heavy atom. The Balaban J connectivity index is 2.17. The smallest absolute Gasteiger partial charge is 0.243 e. The molecule has 0 saturated heterocycles. The fourth-order valence-electron chi connectivity index (χ4n) is 1.17. The van der Waals surface area contributed by atoms with Crippen LogP contribution in [0.25, 0.3) is 0 Å². The zero-order chi connectivity index (χ0) is 12.5. The summed E-state index contributed by atoms with van der Waals surface area (Å²) in [7, 11) is -3.66. The SMILES string of the molecule is O=S(=O)(NCc1ccco1)c1cc(Cl)sc1Cl. The van der Waals surface area contributed by atoms with Crippen LogP contribution in [0, 0.1) is 0 Å². The fourth-order valence-corrected chi connectivity index (χ4v) is 4.31. The van der Waals surface area contributed by atoms with Gasteiger partial charge in [-0.2, -0.15) is 0 Å². The summed E-state index contributed by atoms with van der Waals surface area (Å²) in [4.78, 5) is -0.0132. The van der Waals surface area contributed by atoms with E-state index < -0.39 is 10.0 Å². The molecule has 0 radical (unpaired) electrons. The van der Waals surface area contributed by atoms with Crippen molar-refractivity contribution in [1.29, 1.82) is 0 Å². The van der Waals surface area contributed by atoms with E-state index in [0.29, 0.717) is 10.1 Å². The first-order valence-electron chi connectivity index (χ1n) is 4.46. The average Bonchev–Trinajstić information content (AvgIpc) is 2.85. The van der Waals surface area contributed by atoms with Crippen molar-refractivity contribution in [3.63, 3.8) is 0 Å². The number of hydrogen-bond donors (Lipinski definition) is 1. The van der Waals surface area contributed by atoms with E-state index in [2.05, 4.69) is 4.72 Å². The minimum atomic E-state index is -3.66. The summed E-state index contributed by atoms with van der Waals surface area (Å²) >= 11 is 12.5. The maximum absolute atomic E-state index is 11.9. The number of furan rings is 1. The lowest BCUT2D eigenvalue weighted by Gasteiger charge is -2.03. The predicted octanol–water partition coefficient (Wildman–Crippen LogP) is 3.13. The van der Waals surface area contributed by atoms with Gasteiger partial charge in [0.2, 0.25) is 10.0 Å². The molecular formula is C9H7Cl2NO3S2. The Bertz CT molecular complexity index is 604. The van der Waals surface area contributed by atoms with Crippen LogP contribution in [0.4, 0.5) is 0 Å². The summed E-state index contributed by atoms with van der Waals surface area (Å²) in [6.45, 7) is 0.0686. The van der Waals surface area contributed by atoms with E-state index in [1.54, 1.807) is 12.1 Å². The maximum Gasteiger partial charge on any atom is 0.243 e. The second-order valence-corrected chi connectivity index (χ2v) is 7.11. The molecule has 0 unspecified atom stereocenters. The zero-order valence-corrected chi connectivity index (χ0v) is 11.5. The second-order valence-electron chi connectivity index (χ2n) is 3.09. The van der Waals surface area contributed by atoms with Gasteiger partial charge in [-0.15, -0.1) is 11.3 Å². The van der Waals surface area contributed by atoms with Crippen LogP contribution in [0.15, 0.2) is 33.8 Å². The topological polar surface area (TPSA) is 59.3 Å². The van der Waals surface area contributed by atoms with Crippen molar-refractivity contribution in [1.82, 2.24) is 4.72 Å². The minimum absolute atomic E-state index is 0.0132. The van der Waals surface area contributed by atoms with Crippen molar-refractivity contribution in [2.45, 2.75) is 11.4 Å². The normalized spacial score (nSPS) is 11.9. The van der Waals surface area contributed by atoms with E-state index in [0.717, 1.165) is 11.3 Å². The molecule has 2 rings (SSSR count). The van der Waals surface area contributed by atoms with Crippen LogP contribution < -0.4 is 4.72 Å². The predicted molar refractivity (Wildman–Crippen MR) is 67.1 cm³/mol. The Labute approximate surface area is 112 Å². The summed E-state index contributed by atoms with van der Waals surface area (Å²) in [5, 5.41) is 0. The molecule has 2 aromatic rings. The van der Waals surface area contributed by atoms with Gasteiger partial charge < -0.3 is 4.42 Å². The monoisotopic (exact) mass is 311 g/mol. The van der Waals surface area contributed by atoms with E-state index in [9.17, 15) is 8.42 Å². The third-order valence-corrected chi connectivity index (χ3v) is 5.09. The number of rotatable bonds is 4. The van der Waals surface area contributed by atoms with Crippen molar-refractivity contribution in [3.05, 3.63) is 38.9 Å². The van der Waals surface area contributed by atoms with Crippen molar-refractivity contribution < 1.29 is 12.8 Å². The van der Waals surface area contributed by atoms with Crippen molar-refractivity contribution in [2.24, 2.45) is 0 Å². The molecule has 8 heteroatoms. The molecule has 0 amide bonds. The molecule has 0 saturated carbocycles. The van der Waals surface area contributed by atoms with Gasteiger partial charge in [0.15, 0.2) is 0 Å². The summed E-state index contributed by atoms with van der Waals surface area (Å²) < 4.78 is 31.6. The molecule has 4 nitrogen and oxygen atoms in total. The van der Waals surface area contributed by atoms with E-state index in [-0.39, 0.29) is 15.8 Å². The van der Waals surface area contributed by atoms with Gasteiger partial charge >= 0.3 is 0 Å². The molecule has 1 N–H and O–H groups in total. The number of nitrogens with one attached hydrogen (secondary N) is 1. The molecule has 0 aliphatic rings. The highest BCUT2D eigenvalue weighted by molar-refractivity contribution is 7.89. The van der Waals surface area contributed by atoms with E-state index in [1.165, 1.54) is 12.3 Å². The fraction of sp³-hybridized carbons (Fsp3) is 0.111.